The van der Waals surface area contributed by atoms with Crippen LogP contribution < -0.4 is 0 Å². The minimum Gasteiger partial charge on any atom is -0.391 e. The first-order valence-corrected chi connectivity index (χ1v) is 12.6. The molecule has 1 fully saturated rings. The Morgan fingerprint density at radius 3 is 2.28 bits per heavy atom. The van der Waals surface area contributed by atoms with Crippen molar-refractivity contribution in [1.82, 2.24) is 15.0 Å². The quantitative estimate of drug-likeness (QED) is 0.336. The van der Waals surface area contributed by atoms with Crippen molar-refractivity contribution in [3.8, 4) is 11.4 Å². The number of likely N-dealkylation sites (tertiary alicyclic amines) is 1. The number of halogens is 1. The van der Waals surface area contributed by atoms with Gasteiger partial charge in [0.2, 0.25) is 11.7 Å². The highest BCUT2D eigenvalue weighted by atomic mass is 35.5. The summed E-state index contributed by atoms with van der Waals surface area (Å²) in [5.74, 6) is 1.13. The van der Waals surface area contributed by atoms with Gasteiger partial charge in [-0.15, -0.1) is 12.4 Å². The van der Waals surface area contributed by atoms with Crippen LogP contribution in [0.15, 0.2) is 28.8 Å². The average molecular weight is 464 g/mol. The first-order chi connectivity index (χ1) is 15.2. The number of aliphatic hydroxyl groups is 1. The zero-order valence-corrected chi connectivity index (χ0v) is 20.6. The van der Waals surface area contributed by atoms with Crippen molar-refractivity contribution in [2.75, 3.05) is 19.6 Å². The molecule has 0 radical (unpaired) electrons. The zero-order chi connectivity index (χ0) is 21.7. The standard InChI is InChI=1S/C26H41N3O2.ClH/c1-2-3-4-5-6-7-8-10-13-22-14-16-23(17-15-22)26-27-25(31-28-26)20-24(30)21-29-18-11-9-12-19-29;/h14-17,24,30H,2-13,18-21H2,1H3;1H. The molecule has 0 bridgehead atoms. The van der Waals surface area contributed by atoms with E-state index in [4.69, 9.17) is 4.52 Å². The number of aryl methyl sites for hydroxylation is 1. The molecule has 6 heteroatoms. The predicted octanol–water partition coefficient (Wildman–Crippen LogP) is 6.23. The summed E-state index contributed by atoms with van der Waals surface area (Å²) in [5, 5.41) is 14.5. The molecule has 2 heterocycles. The number of hydrogen-bond acceptors (Lipinski definition) is 5. The average Bonchev–Trinajstić information content (AvgIpc) is 3.25. The van der Waals surface area contributed by atoms with Gasteiger partial charge in [-0.3, -0.25) is 0 Å². The maximum absolute atomic E-state index is 10.4. The predicted molar refractivity (Wildman–Crippen MR) is 133 cm³/mol. The van der Waals surface area contributed by atoms with Crippen LogP contribution in [0.25, 0.3) is 11.4 Å². The van der Waals surface area contributed by atoms with E-state index in [-0.39, 0.29) is 12.4 Å². The molecule has 3 rings (SSSR count). The second kappa shape index (κ2) is 15.4. The first-order valence-electron chi connectivity index (χ1n) is 12.6. The lowest BCUT2D eigenvalue weighted by atomic mass is 10.0. The molecule has 0 amide bonds. The molecule has 1 atom stereocenters. The molecule has 1 aromatic carbocycles. The van der Waals surface area contributed by atoms with E-state index in [1.165, 1.54) is 76.2 Å². The van der Waals surface area contributed by atoms with Gasteiger partial charge >= 0.3 is 0 Å². The molecule has 2 aromatic rings. The van der Waals surface area contributed by atoms with Crippen molar-refractivity contribution in [2.45, 2.75) is 96.5 Å². The van der Waals surface area contributed by atoms with Crippen molar-refractivity contribution in [3.05, 3.63) is 35.7 Å². The van der Waals surface area contributed by atoms with Crippen LogP contribution in [0.2, 0.25) is 0 Å². The normalized spacial score (nSPS) is 15.4. The van der Waals surface area contributed by atoms with Gasteiger partial charge in [0.25, 0.3) is 0 Å². The van der Waals surface area contributed by atoms with Gasteiger partial charge < -0.3 is 14.5 Å². The maximum Gasteiger partial charge on any atom is 0.229 e. The summed E-state index contributed by atoms with van der Waals surface area (Å²) in [6.07, 6.45) is 15.7. The molecule has 1 aromatic heterocycles. The second-order valence-electron chi connectivity index (χ2n) is 9.15. The van der Waals surface area contributed by atoms with Crippen molar-refractivity contribution in [3.63, 3.8) is 0 Å². The number of nitrogens with zero attached hydrogens (tertiary/aromatic N) is 3. The topological polar surface area (TPSA) is 62.4 Å². The Hall–Kier alpha value is -1.43. The van der Waals surface area contributed by atoms with Crippen LogP contribution in [0.5, 0.6) is 0 Å². The largest absolute Gasteiger partial charge is 0.391 e. The van der Waals surface area contributed by atoms with Crippen LogP contribution in [-0.4, -0.2) is 45.9 Å². The summed E-state index contributed by atoms with van der Waals surface area (Å²) in [6.45, 7) is 5.12. The van der Waals surface area contributed by atoms with Gasteiger partial charge in [-0.25, -0.2) is 0 Å². The van der Waals surface area contributed by atoms with E-state index in [1.54, 1.807) is 0 Å². The molecular weight excluding hydrogens is 422 g/mol. The lowest BCUT2D eigenvalue weighted by molar-refractivity contribution is 0.0949. The fourth-order valence-electron chi connectivity index (χ4n) is 4.44. The van der Waals surface area contributed by atoms with E-state index in [0.29, 0.717) is 24.7 Å². The van der Waals surface area contributed by atoms with Crippen LogP contribution >= 0.6 is 12.4 Å². The van der Waals surface area contributed by atoms with Crippen LogP contribution in [-0.2, 0) is 12.8 Å². The van der Waals surface area contributed by atoms with Gasteiger partial charge in [0.15, 0.2) is 0 Å². The minimum atomic E-state index is -0.458. The first kappa shape index (κ1) is 26.8. The molecule has 1 saturated heterocycles. The van der Waals surface area contributed by atoms with E-state index in [2.05, 4.69) is 46.2 Å². The molecule has 0 aliphatic carbocycles. The minimum absolute atomic E-state index is 0. The number of unbranched alkanes of at least 4 members (excludes halogenated alkanes) is 7. The Labute approximate surface area is 200 Å². The van der Waals surface area contributed by atoms with Gasteiger partial charge in [0.05, 0.1) is 12.5 Å². The molecule has 32 heavy (non-hydrogen) atoms. The Morgan fingerprint density at radius 2 is 1.59 bits per heavy atom. The number of hydrogen-bond donors (Lipinski definition) is 1. The smallest absolute Gasteiger partial charge is 0.229 e. The van der Waals surface area contributed by atoms with Gasteiger partial charge in [0, 0.05) is 12.1 Å². The number of aromatic nitrogens is 2. The van der Waals surface area contributed by atoms with Crippen molar-refractivity contribution < 1.29 is 9.63 Å². The van der Waals surface area contributed by atoms with Gasteiger partial charge in [-0.2, -0.15) is 4.98 Å². The van der Waals surface area contributed by atoms with Crippen molar-refractivity contribution in [1.29, 1.82) is 0 Å². The number of aliphatic hydroxyl groups excluding tert-OH is 1. The van der Waals surface area contributed by atoms with Crippen LogP contribution in [0.1, 0.15) is 89.0 Å². The SMILES string of the molecule is CCCCCCCCCCc1ccc(-c2noc(CC(O)CN3CCCCC3)n2)cc1.Cl. The molecule has 1 aliphatic heterocycles. The highest BCUT2D eigenvalue weighted by Crippen LogP contribution is 2.19. The Balaban J connectivity index is 0.00000363. The van der Waals surface area contributed by atoms with E-state index in [9.17, 15) is 5.11 Å². The lowest BCUT2D eigenvalue weighted by Crippen LogP contribution is -2.37. The Bertz CT molecular complexity index is 729. The molecule has 1 aliphatic rings. The molecule has 0 spiro atoms. The van der Waals surface area contributed by atoms with Gasteiger partial charge in [0.1, 0.15) is 0 Å². The highest BCUT2D eigenvalue weighted by molar-refractivity contribution is 5.85. The van der Waals surface area contributed by atoms with E-state index in [1.807, 2.05) is 0 Å². The van der Waals surface area contributed by atoms with Crippen LogP contribution in [0, 0.1) is 0 Å². The van der Waals surface area contributed by atoms with Crippen LogP contribution in [0.3, 0.4) is 0 Å². The summed E-state index contributed by atoms with van der Waals surface area (Å²) in [6, 6.07) is 8.52. The van der Waals surface area contributed by atoms with E-state index >= 15 is 0 Å². The third-order valence-electron chi connectivity index (χ3n) is 6.33. The number of benzene rings is 1. The monoisotopic (exact) mass is 463 g/mol. The summed E-state index contributed by atoms with van der Waals surface area (Å²) in [7, 11) is 0. The van der Waals surface area contributed by atoms with E-state index in [0.717, 1.165) is 25.1 Å². The molecular formula is C26H42ClN3O2. The number of rotatable bonds is 14. The molecule has 1 unspecified atom stereocenters. The summed E-state index contributed by atoms with van der Waals surface area (Å²) < 4.78 is 5.40. The van der Waals surface area contributed by atoms with Crippen LogP contribution in [0.4, 0.5) is 0 Å². The molecule has 180 valence electrons. The van der Waals surface area contributed by atoms with Gasteiger partial charge in [-0.1, -0.05) is 87.7 Å². The van der Waals surface area contributed by atoms with Gasteiger partial charge in [-0.05, 0) is 44.3 Å². The third-order valence-corrected chi connectivity index (χ3v) is 6.33. The van der Waals surface area contributed by atoms with Crippen molar-refractivity contribution >= 4 is 12.4 Å². The second-order valence-corrected chi connectivity index (χ2v) is 9.15. The summed E-state index contributed by atoms with van der Waals surface area (Å²) in [4.78, 5) is 6.83. The third kappa shape index (κ3) is 9.60. The molecule has 1 N–H and O–H groups in total. The fourth-order valence-corrected chi connectivity index (χ4v) is 4.44. The number of piperidine rings is 1. The lowest BCUT2D eigenvalue weighted by Gasteiger charge is -2.27. The van der Waals surface area contributed by atoms with E-state index < -0.39 is 6.10 Å². The fraction of sp³-hybridized carbons (Fsp3) is 0.692. The Kier molecular flexibility index (Phi) is 12.9. The highest BCUT2D eigenvalue weighted by Gasteiger charge is 2.18. The molecule has 5 nitrogen and oxygen atoms in total. The summed E-state index contributed by atoms with van der Waals surface area (Å²) in [5.41, 5.74) is 2.34. The summed E-state index contributed by atoms with van der Waals surface area (Å²) >= 11 is 0. The molecule has 0 saturated carbocycles. The van der Waals surface area contributed by atoms with Crippen molar-refractivity contribution in [2.24, 2.45) is 0 Å². The maximum atomic E-state index is 10.4. The number of β-amino-alcohol motifs (C(OH)–C–C–N with tert-alkyl or cyclic N) is 1. The zero-order valence-electron chi connectivity index (χ0n) is 19.8. The Morgan fingerprint density at radius 1 is 0.938 bits per heavy atom.